The molecule has 0 radical (unpaired) electrons. The van der Waals surface area contributed by atoms with Crippen molar-refractivity contribution in [3.8, 4) is 5.75 Å². The van der Waals surface area contributed by atoms with E-state index >= 15 is 0 Å². The lowest BCUT2D eigenvalue weighted by Gasteiger charge is -2.01. The first-order valence-electron chi connectivity index (χ1n) is 6.83. The molecule has 0 unspecified atom stereocenters. The zero-order chi connectivity index (χ0) is 15.5. The number of rotatable bonds is 3. The molecule has 1 N–H and O–H groups in total. The first kappa shape index (κ1) is 14.4. The topological polar surface area (TPSA) is 37.3 Å². The van der Waals surface area contributed by atoms with E-state index in [1.165, 1.54) is 12.1 Å². The van der Waals surface area contributed by atoms with Crippen molar-refractivity contribution < 1.29 is 9.90 Å². The molecule has 0 aliphatic rings. The highest BCUT2D eigenvalue weighted by molar-refractivity contribution is 6.32. The van der Waals surface area contributed by atoms with Gasteiger partial charge in [0.25, 0.3) is 0 Å². The Morgan fingerprint density at radius 2 is 1.73 bits per heavy atom. The van der Waals surface area contributed by atoms with E-state index in [9.17, 15) is 9.90 Å². The molecule has 0 aliphatic heterocycles. The van der Waals surface area contributed by atoms with E-state index in [2.05, 4.69) is 0 Å². The second-order valence-corrected chi connectivity index (χ2v) is 5.38. The van der Waals surface area contributed by atoms with Crippen molar-refractivity contribution in [1.82, 2.24) is 0 Å². The van der Waals surface area contributed by atoms with Crippen molar-refractivity contribution in [2.24, 2.45) is 0 Å². The number of carbonyl (C=O) groups excluding carboxylic acids is 1. The highest BCUT2D eigenvalue weighted by Crippen LogP contribution is 2.24. The van der Waals surface area contributed by atoms with E-state index in [4.69, 9.17) is 11.6 Å². The minimum atomic E-state index is -0.0741. The van der Waals surface area contributed by atoms with Crippen LogP contribution in [0.3, 0.4) is 0 Å². The molecule has 0 spiro atoms. The van der Waals surface area contributed by atoms with E-state index in [1.807, 2.05) is 42.5 Å². The van der Waals surface area contributed by atoms with Crippen LogP contribution in [0.4, 0.5) is 0 Å². The molecular formula is C19H13ClO2. The van der Waals surface area contributed by atoms with Gasteiger partial charge in [0.15, 0.2) is 5.78 Å². The maximum absolute atomic E-state index is 12.2. The van der Waals surface area contributed by atoms with E-state index < -0.39 is 0 Å². The molecule has 0 amide bonds. The van der Waals surface area contributed by atoms with Crippen LogP contribution in [-0.2, 0) is 0 Å². The van der Waals surface area contributed by atoms with Crippen LogP contribution in [0.15, 0.2) is 66.7 Å². The molecule has 0 saturated heterocycles. The molecule has 0 saturated carbocycles. The molecule has 3 rings (SSSR count). The number of phenolic OH excluding ortho intramolecular Hbond substituents is 1. The van der Waals surface area contributed by atoms with Crippen molar-refractivity contribution in [3.63, 3.8) is 0 Å². The summed E-state index contributed by atoms with van der Waals surface area (Å²) in [6, 6.07) is 18.4. The van der Waals surface area contributed by atoms with Crippen LogP contribution in [0, 0.1) is 0 Å². The van der Waals surface area contributed by atoms with Crippen LogP contribution < -0.4 is 0 Å². The molecule has 0 aromatic heterocycles. The van der Waals surface area contributed by atoms with Gasteiger partial charge in [0.2, 0.25) is 0 Å². The zero-order valence-corrected chi connectivity index (χ0v) is 12.4. The normalized spacial score (nSPS) is 11.1. The molecule has 0 fully saturated rings. The summed E-state index contributed by atoms with van der Waals surface area (Å²) in [4.78, 5) is 12.2. The molecule has 0 aliphatic carbocycles. The van der Waals surface area contributed by atoms with Crippen LogP contribution in [0.1, 0.15) is 15.9 Å². The third kappa shape index (κ3) is 3.02. The number of halogens is 1. The fourth-order valence-electron chi connectivity index (χ4n) is 2.24. The quantitative estimate of drug-likeness (QED) is 0.540. The Morgan fingerprint density at radius 1 is 0.955 bits per heavy atom. The fraction of sp³-hybridized carbons (Fsp3) is 0. The van der Waals surface area contributed by atoms with Crippen LogP contribution in [0.25, 0.3) is 16.8 Å². The monoisotopic (exact) mass is 308 g/mol. The Kier molecular flexibility index (Phi) is 3.94. The van der Waals surface area contributed by atoms with Gasteiger partial charge in [-0.25, -0.2) is 0 Å². The molecule has 22 heavy (non-hydrogen) atoms. The molecule has 108 valence electrons. The fourth-order valence-corrected chi connectivity index (χ4v) is 2.43. The minimum Gasteiger partial charge on any atom is -0.506 e. The SMILES string of the molecule is O=C(C=Cc1ccc(O)c(Cl)c1)c1ccc2ccccc2c1. The van der Waals surface area contributed by atoms with Crippen molar-refractivity contribution in [2.45, 2.75) is 0 Å². The van der Waals surface area contributed by atoms with Crippen LogP contribution >= 0.6 is 11.6 Å². The van der Waals surface area contributed by atoms with Crippen LogP contribution in [0.2, 0.25) is 5.02 Å². The number of benzene rings is 3. The van der Waals surface area contributed by atoms with E-state index in [1.54, 1.807) is 18.2 Å². The maximum atomic E-state index is 12.2. The Balaban J connectivity index is 1.85. The lowest BCUT2D eigenvalue weighted by molar-refractivity contribution is 0.104. The standard InChI is InChI=1S/C19H13ClO2/c20-17-11-13(6-10-19(17)22)5-9-18(21)16-8-7-14-3-1-2-4-15(14)12-16/h1-12,22H. The summed E-state index contributed by atoms with van der Waals surface area (Å²) in [6.07, 6.45) is 3.19. The Morgan fingerprint density at radius 3 is 2.50 bits per heavy atom. The zero-order valence-electron chi connectivity index (χ0n) is 11.7. The molecule has 0 atom stereocenters. The van der Waals surface area contributed by atoms with Crippen molar-refractivity contribution >= 4 is 34.2 Å². The lowest BCUT2D eigenvalue weighted by Crippen LogP contribution is -1.93. The van der Waals surface area contributed by atoms with E-state index in [-0.39, 0.29) is 16.6 Å². The smallest absolute Gasteiger partial charge is 0.185 e. The van der Waals surface area contributed by atoms with Gasteiger partial charge in [0.1, 0.15) is 5.75 Å². The molecule has 3 aromatic carbocycles. The number of hydrogen-bond acceptors (Lipinski definition) is 2. The van der Waals surface area contributed by atoms with Crippen LogP contribution in [-0.4, -0.2) is 10.9 Å². The van der Waals surface area contributed by atoms with Gasteiger partial charge in [0, 0.05) is 5.56 Å². The van der Waals surface area contributed by atoms with Gasteiger partial charge in [0.05, 0.1) is 5.02 Å². The average molecular weight is 309 g/mol. The molecule has 3 aromatic rings. The van der Waals surface area contributed by atoms with Gasteiger partial charge in [-0.05, 0) is 40.6 Å². The van der Waals surface area contributed by atoms with Gasteiger partial charge < -0.3 is 5.11 Å². The highest BCUT2D eigenvalue weighted by Gasteiger charge is 2.03. The Labute approximate surface area is 133 Å². The highest BCUT2D eigenvalue weighted by atomic mass is 35.5. The summed E-state index contributed by atoms with van der Waals surface area (Å²) in [5.41, 5.74) is 1.40. The van der Waals surface area contributed by atoms with Crippen molar-refractivity contribution in [1.29, 1.82) is 0 Å². The number of allylic oxidation sites excluding steroid dienone is 1. The summed E-state index contributed by atoms with van der Waals surface area (Å²) < 4.78 is 0. The lowest BCUT2D eigenvalue weighted by atomic mass is 10.0. The van der Waals surface area contributed by atoms with Gasteiger partial charge >= 0.3 is 0 Å². The molecule has 3 heteroatoms. The minimum absolute atomic E-state index is 0.0275. The Hall–Kier alpha value is -2.58. The number of hydrogen-bond donors (Lipinski definition) is 1. The van der Waals surface area contributed by atoms with Gasteiger partial charge in [-0.3, -0.25) is 4.79 Å². The van der Waals surface area contributed by atoms with Gasteiger partial charge in [-0.1, -0.05) is 60.1 Å². The Bertz CT molecular complexity index is 881. The summed E-state index contributed by atoms with van der Waals surface area (Å²) in [5.74, 6) is -0.0466. The molecule has 0 bridgehead atoms. The van der Waals surface area contributed by atoms with Gasteiger partial charge in [-0.2, -0.15) is 0 Å². The summed E-state index contributed by atoms with van der Waals surface area (Å²) in [5, 5.41) is 11.8. The average Bonchev–Trinajstić information content (AvgIpc) is 2.55. The van der Waals surface area contributed by atoms with Crippen molar-refractivity contribution in [2.75, 3.05) is 0 Å². The first-order chi connectivity index (χ1) is 10.6. The predicted octanol–water partition coefficient (Wildman–Crippen LogP) is 5.09. The number of carbonyl (C=O) groups is 1. The largest absolute Gasteiger partial charge is 0.506 e. The third-order valence-electron chi connectivity index (χ3n) is 3.43. The number of phenols is 1. The van der Waals surface area contributed by atoms with E-state index in [0.29, 0.717) is 5.56 Å². The summed E-state index contributed by atoms with van der Waals surface area (Å²) in [7, 11) is 0. The second-order valence-electron chi connectivity index (χ2n) is 4.97. The van der Waals surface area contributed by atoms with Crippen LogP contribution in [0.5, 0.6) is 5.75 Å². The van der Waals surface area contributed by atoms with E-state index in [0.717, 1.165) is 16.3 Å². The molecule has 0 heterocycles. The summed E-state index contributed by atoms with van der Waals surface area (Å²) in [6.45, 7) is 0. The first-order valence-corrected chi connectivity index (χ1v) is 7.21. The molecular weight excluding hydrogens is 296 g/mol. The molecule has 2 nitrogen and oxygen atoms in total. The van der Waals surface area contributed by atoms with Crippen molar-refractivity contribution in [3.05, 3.63) is 82.9 Å². The number of fused-ring (bicyclic) bond motifs is 1. The van der Waals surface area contributed by atoms with Gasteiger partial charge in [-0.15, -0.1) is 0 Å². The summed E-state index contributed by atoms with van der Waals surface area (Å²) >= 11 is 5.84. The second kappa shape index (κ2) is 6.04. The predicted molar refractivity (Wildman–Crippen MR) is 90.4 cm³/mol. The third-order valence-corrected chi connectivity index (χ3v) is 3.74. The maximum Gasteiger partial charge on any atom is 0.185 e. The number of ketones is 1. The number of aromatic hydroxyl groups is 1.